The van der Waals surface area contributed by atoms with E-state index in [4.69, 9.17) is 5.73 Å². The first-order valence-corrected chi connectivity index (χ1v) is 4.11. The van der Waals surface area contributed by atoms with Gasteiger partial charge >= 0.3 is 0 Å². The molecule has 1 heterocycles. The Morgan fingerprint density at radius 1 is 1.23 bits per heavy atom. The van der Waals surface area contributed by atoms with Gasteiger partial charge < -0.3 is 5.73 Å². The maximum absolute atomic E-state index is 11.2. The van der Waals surface area contributed by atoms with Gasteiger partial charge in [0.2, 0.25) is 5.91 Å². The molecule has 66 valence electrons. The fraction of sp³-hybridized carbons (Fsp3) is 0.100. The Kier molecular flexibility index (Phi) is 1.87. The van der Waals surface area contributed by atoms with Crippen molar-refractivity contribution in [1.82, 2.24) is 4.57 Å². The van der Waals surface area contributed by atoms with Crippen LogP contribution < -0.4 is 5.73 Å². The van der Waals surface area contributed by atoms with Gasteiger partial charge in [-0.3, -0.25) is 9.36 Å². The van der Waals surface area contributed by atoms with Gasteiger partial charge in [0.25, 0.3) is 0 Å². The van der Waals surface area contributed by atoms with E-state index in [2.05, 4.69) is 0 Å². The number of aromatic nitrogens is 1. The Labute approximate surface area is 75.8 Å². The lowest BCUT2D eigenvalue weighted by atomic mass is 10.2. The molecule has 1 aromatic carbocycles. The summed E-state index contributed by atoms with van der Waals surface area (Å²) in [6.45, 7) is 0.0426. The number of fused-ring (bicyclic) bond motifs is 1. The summed E-state index contributed by atoms with van der Waals surface area (Å²) in [5.41, 5.74) is 5.26. The first-order valence-electron chi connectivity index (χ1n) is 4.11. The van der Waals surface area contributed by atoms with Crippen LogP contribution in [0.25, 0.3) is 10.8 Å². The zero-order valence-electron chi connectivity index (χ0n) is 7.10. The van der Waals surface area contributed by atoms with Gasteiger partial charge in [-0.2, -0.15) is 0 Å². The van der Waals surface area contributed by atoms with Crippen LogP contribution in [-0.2, 0) is 0 Å². The first kappa shape index (κ1) is 8.01. The van der Waals surface area contributed by atoms with Crippen LogP contribution in [0.15, 0.2) is 36.7 Å². The van der Waals surface area contributed by atoms with Crippen molar-refractivity contribution in [3.8, 4) is 0 Å². The van der Waals surface area contributed by atoms with E-state index < -0.39 is 0 Å². The predicted octanol–water partition coefficient (Wildman–Crippen LogP) is 1.24. The van der Waals surface area contributed by atoms with E-state index in [9.17, 15) is 4.79 Å². The third kappa shape index (κ3) is 1.34. The molecule has 13 heavy (non-hydrogen) atoms. The lowest BCUT2D eigenvalue weighted by Crippen LogP contribution is -2.19. The molecular weight excluding hydrogens is 164 g/mol. The predicted molar refractivity (Wildman–Crippen MR) is 51.6 cm³/mol. The number of benzene rings is 1. The van der Waals surface area contributed by atoms with Crippen LogP contribution in [-0.4, -0.2) is 17.0 Å². The van der Waals surface area contributed by atoms with Gasteiger partial charge in [-0.25, -0.2) is 0 Å². The van der Waals surface area contributed by atoms with Crippen molar-refractivity contribution >= 4 is 16.7 Å². The van der Waals surface area contributed by atoms with Crippen LogP contribution in [0.4, 0.5) is 0 Å². The second-order valence-corrected chi connectivity index (χ2v) is 2.89. The SMILES string of the molecule is NCC(=O)n1cc2ccccc2c1. The van der Waals surface area contributed by atoms with Gasteiger partial charge in [0.05, 0.1) is 6.54 Å². The van der Waals surface area contributed by atoms with E-state index >= 15 is 0 Å². The number of hydrogen-bond donors (Lipinski definition) is 1. The van der Waals surface area contributed by atoms with E-state index in [1.165, 1.54) is 4.57 Å². The van der Waals surface area contributed by atoms with Gasteiger partial charge in [0.1, 0.15) is 0 Å². The van der Waals surface area contributed by atoms with Gasteiger partial charge in [0.15, 0.2) is 0 Å². The summed E-state index contributed by atoms with van der Waals surface area (Å²) in [5, 5.41) is 2.12. The zero-order chi connectivity index (χ0) is 9.26. The van der Waals surface area contributed by atoms with Crippen LogP contribution in [0.2, 0.25) is 0 Å². The minimum absolute atomic E-state index is 0.0426. The Morgan fingerprint density at radius 2 is 1.77 bits per heavy atom. The highest BCUT2D eigenvalue weighted by Crippen LogP contribution is 2.13. The Bertz CT molecular complexity index is 412. The normalized spacial score (nSPS) is 10.5. The minimum atomic E-state index is -0.0869. The fourth-order valence-corrected chi connectivity index (χ4v) is 1.33. The Balaban J connectivity index is 2.56. The van der Waals surface area contributed by atoms with Crippen molar-refractivity contribution in [2.45, 2.75) is 0 Å². The minimum Gasteiger partial charge on any atom is -0.322 e. The summed E-state index contributed by atoms with van der Waals surface area (Å²) in [7, 11) is 0. The Hall–Kier alpha value is -1.61. The molecule has 0 bridgehead atoms. The second-order valence-electron chi connectivity index (χ2n) is 2.89. The maximum atomic E-state index is 11.2. The van der Waals surface area contributed by atoms with Crippen LogP contribution in [0.5, 0.6) is 0 Å². The molecule has 0 fully saturated rings. The molecule has 0 saturated carbocycles. The van der Waals surface area contributed by atoms with Crippen LogP contribution in [0.1, 0.15) is 4.79 Å². The molecule has 0 saturated heterocycles. The van der Waals surface area contributed by atoms with Crippen molar-refractivity contribution in [3.63, 3.8) is 0 Å². The molecular formula is C10H10N2O. The monoisotopic (exact) mass is 174 g/mol. The molecule has 2 N–H and O–H groups in total. The molecule has 0 radical (unpaired) electrons. The third-order valence-electron chi connectivity index (χ3n) is 2.01. The number of rotatable bonds is 1. The van der Waals surface area contributed by atoms with Crippen LogP contribution >= 0.6 is 0 Å². The fourth-order valence-electron chi connectivity index (χ4n) is 1.33. The molecule has 3 nitrogen and oxygen atoms in total. The first-order chi connectivity index (χ1) is 6.31. The van der Waals surface area contributed by atoms with E-state index in [0.29, 0.717) is 0 Å². The van der Waals surface area contributed by atoms with Crippen molar-refractivity contribution < 1.29 is 4.79 Å². The molecule has 0 spiro atoms. The number of nitrogens with two attached hydrogens (primary N) is 1. The lowest BCUT2D eigenvalue weighted by Gasteiger charge is -1.94. The molecule has 0 amide bonds. The third-order valence-corrected chi connectivity index (χ3v) is 2.01. The summed E-state index contributed by atoms with van der Waals surface area (Å²) < 4.78 is 1.53. The maximum Gasteiger partial charge on any atom is 0.244 e. The van der Waals surface area contributed by atoms with E-state index in [-0.39, 0.29) is 12.5 Å². The largest absolute Gasteiger partial charge is 0.322 e. The van der Waals surface area contributed by atoms with Crippen molar-refractivity contribution in [1.29, 1.82) is 0 Å². The molecule has 0 unspecified atom stereocenters. The highest BCUT2D eigenvalue weighted by atomic mass is 16.2. The molecule has 0 atom stereocenters. The lowest BCUT2D eigenvalue weighted by molar-refractivity contribution is 0.0924. The zero-order valence-corrected chi connectivity index (χ0v) is 7.10. The van der Waals surface area contributed by atoms with E-state index in [1.54, 1.807) is 12.4 Å². The highest BCUT2D eigenvalue weighted by molar-refractivity contribution is 5.89. The molecule has 0 aliphatic carbocycles. The molecule has 0 aliphatic heterocycles. The number of nitrogens with zero attached hydrogens (tertiary/aromatic N) is 1. The molecule has 3 heteroatoms. The summed E-state index contributed by atoms with van der Waals surface area (Å²) in [6, 6.07) is 7.82. The molecule has 0 aliphatic rings. The Morgan fingerprint density at radius 3 is 2.23 bits per heavy atom. The smallest absolute Gasteiger partial charge is 0.244 e. The van der Waals surface area contributed by atoms with Crippen LogP contribution in [0, 0.1) is 0 Å². The average molecular weight is 174 g/mol. The molecule has 2 rings (SSSR count). The summed E-state index contributed by atoms with van der Waals surface area (Å²) in [6.07, 6.45) is 3.59. The van der Waals surface area contributed by atoms with E-state index in [0.717, 1.165) is 10.8 Å². The second kappa shape index (κ2) is 3.03. The standard InChI is InChI=1S/C10H10N2O/c11-5-10(13)12-6-8-3-1-2-4-9(8)7-12/h1-4,6-7H,5,11H2. The van der Waals surface area contributed by atoms with Gasteiger partial charge in [0, 0.05) is 12.4 Å². The van der Waals surface area contributed by atoms with Gasteiger partial charge in [-0.05, 0) is 10.8 Å². The van der Waals surface area contributed by atoms with Gasteiger partial charge in [-0.15, -0.1) is 0 Å². The number of carbonyl (C=O) groups excluding carboxylic acids is 1. The average Bonchev–Trinajstić information content (AvgIpc) is 2.59. The summed E-state index contributed by atoms with van der Waals surface area (Å²) >= 11 is 0. The van der Waals surface area contributed by atoms with Crippen molar-refractivity contribution in [2.75, 3.05) is 6.54 Å². The van der Waals surface area contributed by atoms with Crippen molar-refractivity contribution in [3.05, 3.63) is 36.7 Å². The summed E-state index contributed by atoms with van der Waals surface area (Å²) in [4.78, 5) is 11.2. The molecule has 1 aromatic heterocycles. The quantitative estimate of drug-likeness (QED) is 0.707. The number of hydrogen-bond acceptors (Lipinski definition) is 2. The van der Waals surface area contributed by atoms with E-state index in [1.807, 2.05) is 24.3 Å². The van der Waals surface area contributed by atoms with Gasteiger partial charge in [-0.1, -0.05) is 24.3 Å². The number of carbonyl (C=O) groups is 1. The van der Waals surface area contributed by atoms with Crippen molar-refractivity contribution in [2.24, 2.45) is 5.73 Å². The molecule has 2 aromatic rings. The topological polar surface area (TPSA) is 48.0 Å². The highest BCUT2D eigenvalue weighted by Gasteiger charge is 2.02. The van der Waals surface area contributed by atoms with Crippen LogP contribution in [0.3, 0.4) is 0 Å². The summed E-state index contributed by atoms with van der Waals surface area (Å²) in [5.74, 6) is -0.0869.